The molecule has 0 N–H and O–H groups in total. The Bertz CT molecular complexity index is 405. The number of ketones is 1. The van der Waals surface area contributed by atoms with Gasteiger partial charge in [-0.2, -0.15) is 0 Å². The van der Waals surface area contributed by atoms with E-state index in [1.807, 2.05) is 30.3 Å². The van der Waals surface area contributed by atoms with Gasteiger partial charge in [-0.3, -0.25) is 9.59 Å². The van der Waals surface area contributed by atoms with Gasteiger partial charge in [-0.15, -0.1) is 0 Å². The number of hydrogen-bond donors (Lipinski definition) is 0. The number of benzene rings is 1. The van der Waals surface area contributed by atoms with Crippen molar-refractivity contribution in [1.82, 2.24) is 4.90 Å². The summed E-state index contributed by atoms with van der Waals surface area (Å²) >= 11 is 0. The van der Waals surface area contributed by atoms with Crippen molar-refractivity contribution in [1.29, 1.82) is 0 Å². The second-order valence-electron chi connectivity index (χ2n) is 4.65. The molecule has 1 aromatic carbocycles. The molecule has 1 saturated heterocycles. The summed E-state index contributed by atoms with van der Waals surface area (Å²) in [6.45, 7) is 2.99. The normalized spacial score (nSPS) is 18.8. The van der Waals surface area contributed by atoms with Crippen LogP contribution in [0.25, 0.3) is 0 Å². The molecule has 0 radical (unpaired) electrons. The minimum atomic E-state index is -0.388. The topological polar surface area (TPSA) is 37.4 Å². The van der Waals surface area contributed by atoms with Gasteiger partial charge in [-0.1, -0.05) is 30.3 Å². The van der Waals surface area contributed by atoms with Crippen LogP contribution in [-0.4, -0.2) is 30.2 Å². The molecule has 2 rings (SSSR count). The summed E-state index contributed by atoms with van der Waals surface area (Å²) in [4.78, 5) is 24.5. The lowest BCUT2D eigenvalue weighted by Gasteiger charge is -2.39. The summed E-state index contributed by atoms with van der Waals surface area (Å²) in [7, 11) is 0. The lowest BCUT2D eigenvalue weighted by Crippen LogP contribution is -2.46. The quantitative estimate of drug-likeness (QED) is 0.743. The van der Waals surface area contributed by atoms with Gasteiger partial charge in [-0.05, 0) is 25.3 Å². The van der Waals surface area contributed by atoms with Gasteiger partial charge < -0.3 is 4.90 Å². The molecule has 3 nitrogen and oxygen atoms in total. The molecule has 1 aromatic rings. The van der Waals surface area contributed by atoms with Crippen LogP contribution in [0.5, 0.6) is 0 Å². The Kier molecular flexibility index (Phi) is 3.27. The van der Waals surface area contributed by atoms with Crippen LogP contribution in [0.1, 0.15) is 25.3 Å². The van der Waals surface area contributed by atoms with Crippen molar-refractivity contribution in [2.24, 2.45) is 0 Å². The smallest absolute Gasteiger partial charge is 0.209 e. The van der Waals surface area contributed by atoms with Crippen molar-refractivity contribution >= 4 is 12.2 Å². The highest BCUT2D eigenvalue weighted by Crippen LogP contribution is 2.35. The van der Waals surface area contributed by atoms with E-state index in [2.05, 4.69) is 0 Å². The van der Waals surface area contributed by atoms with E-state index >= 15 is 0 Å². The number of nitrogens with zero attached hydrogens (tertiary/aromatic N) is 1. The molecule has 1 heterocycles. The van der Waals surface area contributed by atoms with Crippen molar-refractivity contribution in [2.45, 2.75) is 25.2 Å². The summed E-state index contributed by atoms with van der Waals surface area (Å²) < 4.78 is 0. The van der Waals surface area contributed by atoms with Crippen molar-refractivity contribution in [3.63, 3.8) is 0 Å². The molecule has 0 saturated carbocycles. The number of hydrogen-bond acceptors (Lipinski definition) is 2. The Morgan fingerprint density at radius 1 is 1.24 bits per heavy atom. The molecule has 90 valence electrons. The molecular formula is C14H17NO2. The van der Waals surface area contributed by atoms with Crippen molar-refractivity contribution in [3.05, 3.63) is 35.9 Å². The molecule has 0 bridgehead atoms. The van der Waals surface area contributed by atoms with Crippen LogP contribution in [0, 0.1) is 0 Å². The molecule has 1 fully saturated rings. The number of rotatable bonds is 3. The third kappa shape index (κ3) is 2.09. The zero-order valence-electron chi connectivity index (χ0n) is 10.1. The summed E-state index contributed by atoms with van der Waals surface area (Å²) in [6.07, 6.45) is 2.32. The zero-order valence-corrected chi connectivity index (χ0v) is 10.1. The van der Waals surface area contributed by atoms with Gasteiger partial charge in [0, 0.05) is 13.1 Å². The Morgan fingerprint density at radius 2 is 1.82 bits per heavy atom. The van der Waals surface area contributed by atoms with Crippen molar-refractivity contribution in [3.8, 4) is 0 Å². The Morgan fingerprint density at radius 3 is 2.29 bits per heavy atom. The van der Waals surface area contributed by atoms with Gasteiger partial charge >= 0.3 is 0 Å². The molecule has 0 atom stereocenters. The number of carbonyl (C=O) groups is 2. The maximum atomic E-state index is 12.0. The summed E-state index contributed by atoms with van der Waals surface area (Å²) in [5.41, 5.74) is 0.693. The fourth-order valence-electron chi connectivity index (χ4n) is 2.61. The molecular weight excluding hydrogens is 214 g/mol. The number of Topliss-reactive ketones (excluding diaryl/α,β-unsaturated/α-hetero) is 1. The number of piperidine rings is 1. The summed E-state index contributed by atoms with van der Waals surface area (Å²) in [5, 5.41) is 0. The predicted octanol–water partition coefficient (Wildman–Crippen LogP) is 1.77. The number of likely N-dealkylation sites (tertiary alicyclic amines) is 1. The van der Waals surface area contributed by atoms with Crippen LogP contribution in [0.3, 0.4) is 0 Å². The Hall–Kier alpha value is -1.64. The molecule has 1 aliphatic heterocycles. The maximum Gasteiger partial charge on any atom is 0.209 e. The monoisotopic (exact) mass is 231 g/mol. The van der Waals surface area contributed by atoms with E-state index in [-0.39, 0.29) is 11.2 Å². The van der Waals surface area contributed by atoms with Crippen LogP contribution in [0.4, 0.5) is 0 Å². The van der Waals surface area contributed by atoms with Crippen LogP contribution in [-0.2, 0) is 15.0 Å². The zero-order chi connectivity index (χ0) is 12.3. The highest BCUT2D eigenvalue weighted by molar-refractivity contribution is 5.88. The lowest BCUT2D eigenvalue weighted by atomic mass is 9.70. The highest BCUT2D eigenvalue weighted by atomic mass is 16.1. The predicted molar refractivity (Wildman–Crippen MR) is 65.7 cm³/mol. The van der Waals surface area contributed by atoms with Gasteiger partial charge in [0.2, 0.25) is 6.41 Å². The van der Waals surface area contributed by atoms with E-state index in [0.717, 1.165) is 24.8 Å². The number of carbonyl (C=O) groups excluding carboxylic acids is 2. The van der Waals surface area contributed by atoms with Gasteiger partial charge in [0.1, 0.15) is 5.78 Å². The average molecular weight is 231 g/mol. The van der Waals surface area contributed by atoms with E-state index < -0.39 is 0 Å². The van der Waals surface area contributed by atoms with Crippen molar-refractivity contribution < 1.29 is 9.59 Å². The third-order valence-corrected chi connectivity index (χ3v) is 3.80. The minimum absolute atomic E-state index is 0.203. The van der Waals surface area contributed by atoms with E-state index in [1.54, 1.807) is 11.8 Å². The Balaban J connectivity index is 2.30. The van der Waals surface area contributed by atoms with Gasteiger partial charge in [0.15, 0.2) is 0 Å². The van der Waals surface area contributed by atoms with E-state index in [9.17, 15) is 9.59 Å². The fourth-order valence-corrected chi connectivity index (χ4v) is 2.61. The molecule has 1 amide bonds. The van der Waals surface area contributed by atoms with Gasteiger partial charge in [-0.25, -0.2) is 0 Å². The fraction of sp³-hybridized carbons (Fsp3) is 0.429. The Labute approximate surface area is 101 Å². The molecule has 0 unspecified atom stereocenters. The van der Waals surface area contributed by atoms with E-state index in [0.29, 0.717) is 13.1 Å². The third-order valence-electron chi connectivity index (χ3n) is 3.80. The number of amides is 1. The van der Waals surface area contributed by atoms with Crippen molar-refractivity contribution in [2.75, 3.05) is 13.1 Å². The highest BCUT2D eigenvalue weighted by Gasteiger charge is 2.39. The first-order valence-corrected chi connectivity index (χ1v) is 5.95. The summed E-state index contributed by atoms with van der Waals surface area (Å²) in [6, 6.07) is 9.91. The summed E-state index contributed by atoms with van der Waals surface area (Å²) in [5.74, 6) is 0.203. The molecule has 1 aliphatic rings. The first-order valence-electron chi connectivity index (χ1n) is 5.95. The largest absolute Gasteiger partial charge is 0.345 e. The standard InChI is InChI=1S/C14H17NO2/c1-12(17)14(13-5-3-2-4-6-13)7-9-15(11-16)10-8-14/h2-6,11H,7-10H2,1H3. The molecule has 0 aliphatic carbocycles. The molecule has 3 heteroatoms. The second kappa shape index (κ2) is 4.70. The van der Waals surface area contributed by atoms with Gasteiger partial charge in [0.05, 0.1) is 5.41 Å². The van der Waals surface area contributed by atoms with Crippen LogP contribution in [0.2, 0.25) is 0 Å². The van der Waals surface area contributed by atoms with Crippen LogP contribution >= 0.6 is 0 Å². The molecule has 0 aromatic heterocycles. The van der Waals surface area contributed by atoms with Crippen LogP contribution < -0.4 is 0 Å². The average Bonchev–Trinajstić information content (AvgIpc) is 2.39. The van der Waals surface area contributed by atoms with Crippen LogP contribution in [0.15, 0.2) is 30.3 Å². The molecule has 17 heavy (non-hydrogen) atoms. The first kappa shape index (κ1) is 11.8. The first-order chi connectivity index (χ1) is 8.19. The lowest BCUT2D eigenvalue weighted by molar-refractivity contribution is -0.127. The van der Waals surface area contributed by atoms with E-state index in [1.165, 1.54) is 0 Å². The second-order valence-corrected chi connectivity index (χ2v) is 4.65. The van der Waals surface area contributed by atoms with E-state index in [4.69, 9.17) is 0 Å². The maximum absolute atomic E-state index is 12.0. The SMILES string of the molecule is CC(=O)C1(c2ccccc2)CCN(C=O)CC1. The molecule has 0 spiro atoms. The minimum Gasteiger partial charge on any atom is -0.345 e. The van der Waals surface area contributed by atoms with Gasteiger partial charge in [0.25, 0.3) is 0 Å².